The highest BCUT2D eigenvalue weighted by Gasteiger charge is 2.13. The lowest BCUT2D eigenvalue weighted by molar-refractivity contribution is -0.113. The van der Waals surface area contributed by atoms with E-state index in [0.29, 0.717) is 27.8 Å². The molecule has 0 saturated carbocycles. The Morgan fingerprint density at radius 1 is 1.35 bits per heavy atom. The Morgan fingerprint density at radius 2 is 2.15 bits per heavy atom. The van der Waals surface area contributed by atoms with Crippen molar-refractivity contribution >= 4 is 39.3 Å². The van der Waals surface area contributed by atoms with Crippen molar-refractivity contribution in [1.82, 2.24) is 15.2 Å². The lowest BCUT2D eigenvalue weighted by atomic mass is 10.2. The molecule has 0 unspecified atom stereocenters. The summed E-state index contributed by atoms with van der Waals surface area (Å²) in [5.74, 6) is 0.296. The lowest BCUT2D eigenvalue weighted by Crippen LogP contribution is -2.15. The van der Waals surface area contributed by atoms with E-state index in [1.807, 2.05) is 6.07 Å². The molecule has 0 atom stereocenters. The molecule has 1 amide bonds. The first-order valence-electron chi connectivity index (χ1n) is 7.40. The van der Waals surface area contributed by atoms with Gasteiger partial charge in [0.05, 0.1) is 22.6 Å². The summed E-state index contributed by atoms with van der Waals surface area (Å²) in [4.78, 5) is 16.4. The van der Waals surface area contributed by atoms with Crippen LogP contribution in [-0.2, 0) is 4.79 Å². The van der Waals surface area contributed by atoms with Gasteiger partial charge in [-0.25, -0.2) is 4.98 Å². The molecule has 3 aromatic rings. The lowest BCUT2D eigenvalue weighted by Gasteiger charge is -2.05. The number of hydrogen-bond donors (Lipinski definition) is 3. The molecule has 0 aliphatic heterocycles. The zero-order chi connectivity index (χ0) is 18.5. The number of rotatable bonds is 5. The number of carbonyl (C=O) groups is 1. The Kier molecular flexibility index (Phi) is 5.55. The third-order valence-corrected chi connectivity index (χ3v) is 4.67. The molecule has 0 aliphatic carbocycles. The van der Waals surface area contributed by atoms with Crippen molar-refractivity contribution in [2.24, 2.45) is 0 Å². The number of aromatic hydroxyl groups is 1. The van der Waals surface area contributed by atoms with Crippen LogP contribution < -0.4 is 5.32 Å². The molecule has 0 fully saturated rings. The fourth-order valence-corrected chi connectivity index (χ4v) is 3.09. The number of aromatic amines is 1. The van der Waals surface area contributed by atoms with Crippen molar-refractivity contribution in [3.63, 3.8) is 0 Å². The molecule has 130 valence electrons. The van der Waals surface area contributed by atoms with Crippen LogP contribution in [-0.4, -0.2) is 31.9 Å². The number of benzene rings is 2. The number of aromatic nitrogens is 3. The molecule has 0 radical (unpaired) electrons. The van der Waals surface area contributed by atoms with Gasteiger partial charge in [0, 0.05) is 4.47 Å². The number of nitriles is 1. The largest absolute Gasteiger partial charge is 0.507 e. The number of para-hydroxylation sites is 1. The molecule has 0 bridgehead atoms. The maximum absolute atomic E-state index is 12.1. The van der Waals surface area contributed by atoms with Crippen LogP contribution in [0.3, 0.4) is 0 Å². The van der Waals surface area contributed by atoms with E-state index < -0.39 is 0 Å². The van der Waals surface area contributed by atoms with Gasteiger partial charge in [-0.3, -0.25) is 9.89 Å². The highest BCUT2D eigenvalue weighted by molar-refractivity contribution is 9.10. The van der Waals surface area contributed by atoms with Gasteiger partial charge in [-0.05, 0) is 30.3 Å². The first-order chi connectivity index (χ1) is 12.6. The summed E-state index contributed by atoms with van der Waals surface area (Å²) in [5.41, 5.74) is 1.37. The van der Waals surface area contributed by atoms with Crippen molar-refractivity contribution < 1.29 is 9.90 Å². The SMILES string of the molecule is N#Cc1ccccc1NC(=O)CSc1n[nH]c(-c2cc(Br)ccc2O)n1. The van der Waals surface area contributed by atoms with E-state index in [1.165, 1.54) is 0 Å². The van der Waals surface area contributed by atoms with Crippen LogP contribution in [0.2, 0.25) is 0 Å². The van der Waals surface area contributed by atoms with Crippen molar-refractivity contribution in [1.29, 1.82) is 5.26 Å². The summed E-state index contributed by atoms with van der Waals surface area (Å²) in [6, 6.07) is 13.8. The van der Waals surface area contributed by atoms with Crippen LogP contribution in [0.4, 0.5) is 5.69 Å². The van der Waals surface area contributed by atoms with Gasteiger partial charge >= 0.3 is 0 Å². The number of nitrogens with zero attached hydrogens (tertiary/aromatic N) is 3. The zero-order valence-electron chi connectivity index (χ0n) is 13.2. The molecule has 7 nitrogen and oxygen atoms in total. The Morgan fingerprint density at radius 3 is 2.96 bits per heavy atom. The average molecular weight is 430 g/mol. The van der Waals surface area contributed by atoms with Gasteiger partial charge in [0.1, 0.15) is 11.8 Å². The van der Waals surface area contributed by atoms with Gasteiger partial charge in [0.25, 0.3) is 0 Å². The molecular weight excluding hydrogens is 418 g/mol. The van der Waals surface area contributed by atoms with Crippen LogP contribution in [0.1, 0.15) is 5.56 Å². The molecule has 9 heteroatoms. The second kappa shape index (κ2) is 8.03. The quantitative estimate of drug-likeness (QED) is 0.534. The maximum atomic E-state index is 12.1. The third kappa shape index (κ3) is 4.22. The number of nitrogens with one attached hydrogen (secondary N) is 2. The molecule has 3 N–H and O–H groups in total. The van der Waals surface area contributed by atoms with E-state index in [1.54, 1.807) is 42.5 Å². The Bertz CT molecular complexity index is 999. The number of phenols is 1. The predicted octanol–water partition coefficient (Wildman–Crippen LogP) is 3.54. The normalized spacial score (nSPS) is 10.3. The minimum Gasteiger partial charge on any atom is -0.507 e. The van der Waals surface area contributed by atoms with Crippen LogP contribution in [0.5, 0.6) is 5.75 Å². The molecule has 1 heterocycles. The van der Waals surface area contributed by atoms with Gasteiger partial charge in [-0.15, -0.1) is 5.10 Å². The smallest absolute Gasteiger partial charge is 0.234 e. The Balaban J connectivity index is 1.64. The average Bonchev–Trinajstić information content (AvgIpc) is 3.11. The van der Waals surface area contributed by atoms with Crippen molar-refractivity contribution in [2.75, 3.05) is 11.1 Å². The Hall–Kier alpha value is -2.83. The van der Waals surface area contributed by atoms with E-state index in [9.17, 15) is 9.90 Å². The van der Waals surface area contributed by atoms with Gasteiger partial charge < -0.3 is 10.4 Å². The maximum Gasteiger partial charge on any atom is 0.234 e. The minimum atomic E-state index is -0.269. The number of halogens is 1. The topological polar surface area (TPSA) is 115 Å². The first-order valence-corrected chi connectivity index (χ1v) is 9.18. The minimum absolute atomic E-state index is 0.0757. The predicted molar refractivity (Wildman–Crippen MR) is 102 cm³/mol. The number of carbonyl (C=O) groups excluding carboxylic acids is 1. The summed E-state index contributed by atoms with van der Waals surface area (Å²) >= 11 is 4.48. The highest BCUT2D eigenvalue weighted by Crippen LogP contribution is 2.30. The van der Waals surface area contributed by atoms with Crippen molar-refractivity contribution in [3.05, 3.63) is 52.5 Å². The standard InChI is InChI=1S/C17H12BrN5O2S/c18-11-5-6-14(24)12(7-11)16-21-17(23-22-16)26-9-15(25)20-13-4-2-1-3-10(13)8-19/h1-7,24H,9H2,(H,20,25)(H,21,22,23). The first kappa shape index (κ1) is 18.0. The molecule has 26 heavy (non-hydrogen) atoms. The van der Waals surface area contributed by atoms with Crippen LogP contribution in [0.15, 0.2) is 52.1 Å². The Labute approximate surface area is 161 Å². The fraction of sp³-hybridized carbons (Fsp3) is 0.0588. The molecule has 1 aromatic heterocycles. The summed E-state index contributed by atoms with van der Waals surface area (Å²) in [6.45, 7) is 0. The van der Waals surface area contributed by atoms with Crippen LogP contribution in [0, 0.1) is 11.3 Å². The number of amides is 1. The molecule has 2 aromatic carbocycles. The number of phenolic OH excluding ortho intramolecular Hbond substituents is 1. The fourth-order valence-electron chi connectivity index (χ4n) is 2.14. The summed E-state index contributed by atoms with van der Waals surface area (Å²) < 4.78 is 0.798. The van der Waals surface area contributed by atoms with Crippen LogP contribution in [0.25, 0.3) is 11.4 Å². The van der Waals surface area contributed by atoms with Crippen LogP contribution >= 0.6 is 27.7 Å². The van der Waals surface area contributed by atoms with Crippen molar-refractivity contribution in [2.45, 2.75) is 5.16 Å². The van der Waals surface area contributed by atoms with Gasteiger partial charge in [-0.1, -0.05) is 39.8 Å². The summed E-state index contributed by atoms with van der Waals surface area (Å²) in [5, 5.41) is 28.8. The second-order valence-electron chi connectivity index (χ2n) is 5.12. The molecule has 3 rings (SSSR count). The van der Waals surface area contributed by atoms with E-state index in [0.717, 1.165) is 16.2 Å². The van der Waals surface area contributed by atoms with Gasteiger partial charge in [-0.2, -0.15) is 5.26 Å². The zero-order valence-corrected chi connectivity index (χ0v) is 15.6. The van der Waals surface area contributed by atoms with Gasteiger partial charge in [0.15, 0.2) is 5.82 Å². The van der Waals surface area contributed by atoms with E-state index >= 15 is 0 Å². The molecule has 0 spiro atoms. The van der Waals surface area contributed by atoms with Gasteiger partial charge in [0.2, 0.25) is 11.1 Å². The number of hydrogen-bond acceptors (Lipinski definition) is 6. The second-order valence-corrected chi connectivity index (χ2v) is 6.98. The number of H-pyrrole nitrogens is 1. The van der Waals surface area contributed by atoms with E-state index in [4.69, 9.17) is 5.26 Å². The number of anilines is 1. The molecular formula is C17H12BrN5O2S. The van der Waals surface area contributed by atoms with E-state index in [-0.39, 0.29) is 17.4 Å². The molecule has 0 saturated heterocycles. The summed E-state index contributed by atoms with van der Waals surface area (Å²) in [6.07, 6.45) is 0. The third-order valence-electron chi connectivity index (χ3n) is 3.33. The number of thioether (sulfide) groups is 1. The summed E-state index contributed by atoms with van der Waals surface area (Å²) in [7, 11) is 0. The van der Waals surface area contributed by atoms with Crippen molar-refractivity contribution in [3.8, 4) is 23.2 Å². The highest BCUT2D eigenvalue weighted by atomic mass is 79.9. The van der Waals surface area contributed by atoms with E-state index in [2.05, 4.69) is 36.4 Å². The monoisotopic (exact) mass is 429 g/mol. The molecule has 0 aliphatic rings.